The maximum atomic E-state index is 11.5. The van der Waals surface area contributed by atoms with Crippen molar-refractivity contribution in [3.05, 3.63) is 17.5 Å². The summed E-state index contributed by atoms with van der Waals surface area (Å²) in [4.78, 5) is 10.3. The van der Waals surface area contributed by atoms with Crippen LogP contribution in [0.25, 0.3) is 0 Å². The molecule has 8 nitrogen and oxygen atoms in total. The smallest absolute Gasteiger partial charge is 0.332 e. The summed E-state index contributed by atoms with van der Waals surface area (Å²) >= 11 is 0. The Morgan fingerprint density at radius 2 is 2.28 bits per heavy atom. The number of hydrogen-bond donors (Lipinski definition) is 3. The lowest BCUT2D eigenvalue weighted by Crippen LogP contribution is -2.30. The SMILES string of the molecule is Cc1cc(CS(=O)(=O)NCC[C@H](O)C(=O)O)no1. The van der Waals surface area contributed by atoms with E-state index >= 15 is 0 Å². The van der Waals surface area contributed by atoms with Crippen LogP contribution in [0.1, 0.15) is 17.9 Å². The second-order valence-corrected chi connectivity index (χ2v) is 5.53. The van der Waals surface area contributed by atoms with E-state index in [9.17, 15) is 13.2 Å². The lowest BCUT2D eigenvalue weighted by atomic mass is 10.3. The topological polar surface area (TPSA) is 130 Å². The molecule has 0 fully saturated rings. The second kappa shape index (κ2) is 5.94. The highest BCUT2D eigenvalue weighted by atomic mass is 32.2. The molecule has 0 aliphatic heterocycles. The number of aliphatic hydroxyl groups excluding tert-OH is 1. The van der Waals surface area contributed by atoms with Gasteiger partial charge in [0.05, 0.1) is 0 Å². The number of hydrogen-bond acceptors (Lipinski definition) is 6. The molecule has 0 amide bonds. The van der Waals surface area contributed by atoms with Crippen molar-refractivity contribution in [3.63, 3.8) is 0 Å². The van der Waals surface area contributed by atoms with Crippen LogP contribution in [0, 0.1) is 6.92 Å². The minimum Gasteiger partial charge on any atom is -0.479 e. The van der Waals surface area contributed by atoms with Gasteiger partial charge in [-0.05, 0) is 13.3 Å². The maximum Gasteiger partial charge on any atom is 0.332 e. The molecule has 0 aliphatic carbocycles. The summed E-state index contributed by atoms with van der Waals surface area (Å²) in [6.07, 6.45) is -1.78. The number of aliphatic hydroxyl groups is 1. The number of carboxylic acids is 1. The van der Waals surface area contributed by atoms with Crippen molar-refractivity contribution in [3.8, 4) is 0 Å². The lowest BCUT2D eigenvalue weighted by Gasteiger charge is -2.07. The van der Waals surface area contributed by atoms with Crippen LogP contribution in [0.15, 0.2) is 10.6 Å². The molecule has 0 saturated carbocycles. The Kier molecular flexibility index (Phi) is 4.82. The number of carboxylic acid groups (broad SMARTS) is 1. The molecule has 0 unspecified atom stereocenters. The summed E-state index contributed by atoms with van der Waals surface area (Å²) in [5.41, 5.74) is 0.263. The molecule has 0 saturated heterocycles. The Hall–Kier alpha value is -1.45. The molecule has 9 heteroatoms. The van der Waals surface area contributed by atoms with Gasteiger partial charge >= 0.3 is 5.97 Å². The van der Waals surface area contributed by atoms with Gasteiger partial charge in [0.25, 0.3) is 0 Å². The van der Waals surface area contributed by atoms with Crippen LogP contribution in [-0.4, -0.2) is 42.4 Å². The molecule has 102 valence electrons. The van der Waals surface area contributed by atoms with Crippen LogP contribution < -0.4 is 4.72 Å². The molecule has 0 spiro atoms. The first-order valence-electron chi connectivity index (χ1n) is 5.10. The van der Waals surface area contributed by atoms with Gasteiger partial charge in [-0.15, -0.1) is 0 Å². The summed E-state index contributed by atoms with van der Waals surface area (Å²) in [5, 5.41) is 20.9. The van der Waals surface area contributed by atoms with Crippen molar-refractivity contribution in [1.82, 2.24) is 9.88 Å². The van der Waals surface area contributed by atoms with E-state index in [0.717, 1.165) is 0 Å². The lowest BCUT2D eigenvalue weighted by molar-refractivity contribution is -0.146. The standard InChI is InChI=1S/C9H14N2O6S/c1-6-4-7(11-17-6)5-18(15,16)10-3-2-8(12)9(13)14/h4,8,10,12H,2-3,5H2,1H3,(H,13,14)/t8-/m0/s1. The van der Waals surface area contributed by atoms with Gasteiger partial charge in [0, 0.05) is 12.6 Å². The zero-order valence-electron chi connectivity index (χ0n) is 9.66. The molecular formula is C9H14N2O6S. The fourth-order valence-electron chi connectivity index (χ4n) is 1.21. The van der Waals surface area contributed by atoms with Gasteiger partial charge in [0.2, 0.25) is 10.0 Å². The number of rotatable bonds is 7. The summed E-state index contributed by atoms with van der Waals surface area (Å²) in [6, 6.07) is 1.49. The average Bonchev–Trinajstić information content (AvgIpc) is 2.62. The number of nitrogens with zero attached hydrogens (tertiary/aromatic N) is 1. The first-order chi connectivity index (χ1) is 8.30. The van der Waals surface area contributed by atoms with Crippen LogP contribution in [0.3, 0.4) is 0 Å². The van der Waals surface area contributed by atoms with Gasteiger partial charge in [-0.25, -0.2) is 17.9 Å². The first kappa shape index (κ1) is 14.6. The van der Waals surface area contributed by atoms with Crippen molar-refractivity contribution in [2.75, 3.05) is 6.54 Å². The van der Waals surface area contributed by atoms with Gasteiger partial charge < -0.3 is 14.7 Å². The molecule has 18 heavy (non-hydrogen) atoms. The molecule has 0 radical (unpaired) electrons. The van der Waals surface area contributed by atoms with Crippen molar-refractivity contribution in [2.45, 2.75) is 25.2 Å². The third kappa shape index (κ3) is 4.82. The fourth-order valence-corrected chi connectivity index (χ4v) is 2.26. The van der Waals surface area contributed by atoms with E-state index in [-0.39, 0.29) is 24.4 Å². The second-order valence-electron chi connectivity index (χ2n) is 3.73. The largest absolute Gasteiger partial charge is 0.479 e. The fraction of sp³-hybridized carbons (Fsp3) is 0.556. The summed E-state index contributed by atoms with van der Waals surface area (Å²) in [5.74, 6) is -1.24. The zero-order chi connectivity index (χ0) is 13.8. The molecule has 1 aromatic rings. The van der Waals surface area contributed by atoms with Gasteiger partial charge in [-0.2, -0.15) is 0 Å². The highest BCUT2D eigenvalue weighted by molar-refractivity contribution is 7.88. The van der Waals surface area contributed by atoms with Crippen LogP contribution in [-0.2, 0) is 20.6 Å². The Morgan fingerprint density at radius 3 is 2.78 bits per heavy atom. The van der Waals surface area contributed by atoms with Crippen molar-refractivity contribution < 1.29 is 27.9 Å². The molecule has 0 bridgehead atoms. The number of sulfonamides is 1. The van der Waals surface area contributed by atoms with E-state index in [4.69, 9.17) is 14.7 Å². The highest BCUT2D eigenvalue weighted by Gasteiger charge is 2.17. The minimum atomic E-state index is -3.62. The van der Waals surface area contributed by atoms with Crippen LogP contribution in [0.2, 0.25) is 0 Å². The Morgan fingerprint density at radius 1 is 1.61 bits per heavy atom. The third-order valence-corrected chi connectivity index (χ3v) is 3.36. The number of aryl methyl sites for hydroxylation is 1. The third-order valence-electron chi connectivity index (χ3n) is 2.04. The van der Waals surface area contributed by atoms with E-state index in [1.165, 1.54) is 6.07 Å². The predicted octanol–water partition coefficient (Wildman–Crippen LogP) is -0.762. The predicted molar refractivity (Wildman–Crippen MR) is 60.1 cm³/mol. The van der Waals surface area contributed by atoms with Crippen LogP contribution in [0.4, 0.5) is 0 Å². The van der Waals surface area contributed by atoms with Gasteiger partial charge in [0.1, 0.15) is 17.2 Å². The Balaban J connectivity index is 2.43. The molecule has 1 atom stereocenters. The average molecular weight is 278 g/mol. The molecule has 1 rings (SSSR count). The molecule has 0 aromatic carbocycles. The monoisotopic (exact) mass is 278 g/mol. The zero-order valence-corrected chi connectivity index (χ0v) is 10.5. The summed E-state index contributed by atoms with van der Waals surface area (Å²) < 4.78 is 30.0. The first-order valence-corrected chi connectivity index (χ1v) is 6.76. The Labute approximate surface area is 104 Å². The van der Waals surface area contributed by atoms with Crippen LogP contribution in [0.5, 0.6) is 0 Å². The molecule has 1 aromatic heterocycles. The van der Waals surface area contributed by atoms with Crippen molar-refractivity contribution in [1.29, 1.82) is 0 Å². The van der Waals surface area contributed by atoms with Crippen LogP contribution >= 0.6 is 0 Å². The molecular weight excluding hydrogens is 264 g/mol. The van der Waals surface area contributed by atoms with E-state index in [0.29, 0.717) is 5.76 Å². The van der Waals surface area contributed by atoms with E-state index in [1.807, 2.05) is 0 Å². The highest BCUT2D eigenvalue weighted by Crippen LogP contribution is 2.05. The van der Waals surface area contributed by atoms with Gasteiger partial charge in [-0.3, -0.25) is 0 Å². The van der Waals surface area contributed by atoms with E-state index in [1.54, 1.807) is 6.92 Å². The number of aromatic nitrogens is 1. The molecule has 3 N–H and O–H groups in total. The number of nitrogens with one attached hydrogen (secondary N) is 1. The molecule has 1 heterocycles. The normalized spacial score (nSPS) is 13.4. The van der Waals surface area contributed by atoms with Gasteiger partial charge in [0.15, 0.2) is 6.10 Å². The Bertz CT molecular complexity index is 509. The number of aliphatic carboxylic acids is 1. The van der Waals surface area contributed by atoms with Crippen molar-refractivity contribution in [2.24, 2.45) is 0 Å². The van der Waals surface area contributed by atoms with E-state index < -0.39 is 22.1 Å². The van der Waals surface area contributed by atoms with Gasteiger partial charge in [-0.1, -0.05) is 5.16 Å². The molecule has 0 aliphatic rings. The van der Waals surface area contributed by atoms with Crippen molar-refractivity contribution >= 4 is 16.0 Å². The quantitative estimate of drug-likeness (QED) is 0.597. The number of carbonyl (C=O) groups is 1. The summed E-state index contributed by atoms with van der Waals surface area (Å²) in [6.45, 7) is 1.48. The maximum absolute atomic E-state index is 11.5. The summed E-state index contributed by atoms with van der Waals surface area (Å²) in [7, 11) is -3.62. The minimum absolute atomic E-state index is 0.160. The van der Waals surface area contributed by atoms with E-state index in [2.05, 4.69) is 9.88 Å².